The van der Waals surface area contributed by atoms with Gasteiger partial charge in [0.25, 0.3) is 5.91 Å². The van der Waals surface area contributed by atoms with Crippen molar-refractivity contribution in [3.05, 3.63) is 195 Å². The first-order chi connectivity index (χ1) is 56.3. The molecule has 628 valence electrons. The Morgan fingerprint density at radius 3 is 1.23 bits per heavy atom. The molecule has 14 aliphatic rings. The summed E-state index contributed by atoms with van der Waals surface area (Å²) in [6.07, 6.45) is 35.9. The van der Waals surface area contributed by atoms with Crippen LogP contribution in [-0.4, -0.2) is 107 Å². The van der Waals surface area contributed by atoms with Gasteiger partial charge in [-0.1, -0.05) is 132 Å². The molecule has 3 atom stereocenters. The summed E-state index contributed by atoms with van der Waals surface area (Å²) < 4.78 is 28.5. The number of amides is 3. The molecule has 2 N–H and O–H groups in total. The predicted molar refractivity (Wildman–Crippen MR) is 471 cm³/mol. The second kappa shape index (κ2) is 36.1. The Labute approximate surface area is 701 Å². The van der Waals surface area contributed by atoms with Gasteiger partial charge in [0.05, 0.1) is 44.8 Å². The Balaban J connectivity index is 0.000000138. The lowest BCUT2D eigenvalue weighted by Gasteiger charge is -2.60. The lowest BCUT2D eigenvalue weighted by Crippen LogP contribution is -2.61. The highest BCUT2D eigenvalue weighted by atomic mass is 16.6. The summed E-state index contributed by atoms with van der Waals surface area (Å²) in [4.78, 5) is 55.5. The number of ether oxygens (including phenoxy) is 5. The molecule has 6 aromatic carbocycles. The van der Waals surface area contributed by atoms with Gasteiger partial charge in [0.1, 0.15) is 28.5 Å². The third kappa shape index (κ3) is 20.2. The van der Waals surface area contributed by atoms with Crippen LogP contribution >= 0.6 is 0 Å². The van der Waals surface area contributed by atoms with E-state index in [1.807, 2.05) is 90.1 Å². The van der Waals surface area contributed by atoms with Crippen molar-refractivity contribution in [1.82, 2.24) is 20.4 Å². The zero-order chi connectivity index (χ0) is 81.8. The average molecular weight is 1590 g/mol. The fourth-order valence-electron chi connectivity index (χ4n) is 24.6. The van der Waals surface area contributed by atoms with Gasteiger partial charge in [-0.2, -0.15) is 0 Å². The Morgan fingerprint density at radius 2 is 0.838 bits per heavy atom. The van der Waals surface area contributed by atoms with E-state index in [1.165, 1.54) is 136 Å². The van der Waals surface area contributed by atoms with Crippen LogP contribution in [0.5, 0.6) is 17.2 Å². The van der Waals surface area contributed by atoms with Crippen LogP contribution in [0.15, 0.2) is 143 Å². The molecule has 12 saturated carbocycles. The van der Waals surface area contributed by atoms with Gasteiger partial charge in [-0.3, -0.25) is 24.6 Å². The summed E-state index contributed by atoms with van der Waals surface area (Å²) in [5.41, 5.74) is 14.4. The monoisotopic (exact) mass is 1590 g/mol. The van der Waals surface area contributed by atoms with Gasteiger partial charge in [0, 0.05) is 70.1 Å². The van der Waals surface area contributed by atoms with E-state index < -0.39 is 11.2 Å². The second-order valence-corrected chi connectivity index (χ2v) is 40.4. The van der Waals surface area contributed by atoms with Crippen molar-refractivity contribution in [2.45, 2.75) is 321 Å². The zero-order valence-corrected chi connectivity index (χ0v) is 73.0. The molecule has 12 fully saturated rings. The van der Waals surface area contributed by atoms with Crippen LogP contribution < -0.4 is 24.8 Å². The number of fused-ring (bicyclic) bond motifs is 2. The minimum Gasteiger partial charge on any atom is -0.497 e. The first-order valence-corrected chi connectivity index (χ1v) is 45.8. The number of carbonyl (C=O) groups is 3. The van der Waals surface area contributed by atoms with Crippen LogP contribution in [0.2, 0.25) is 0 Å². The Kier molecular flexibility index (Phi) is 26.0. The molecule has 0 unspecified atom stereocenters. The molecule has 14 heteroatoms. The van der Waals surface area contributed by atoms with Gasteiger partial charge in [0.2, 0.25) is 0 Å². The van der Waals surface area contributed by atoms with Crippen molar-refractivity contribution in [2.24, 2.45) is 63.2 Å². The Hall–Kier alpha value is -7.97. The first kappa shape index (κ1) is 84.1. The molecule has 20 rings (SSSR count). The molecule has 117 heavy (non-hydrogen) atoms. The average Bonchev–Trinajstić information content (AvgIpc) is 0.737. The minimum atomic E-state index is -0.543. The largest absolute Gasteiger partial charge is 0.497 e. The highest BCUT2D eigenvalue weighted by molar-refractivity contribution is 6.15. The van der Waals surface area contributed by atoms with E-state index in [2.05, 4.69) is 126 Å². The molecule has 12 bridgehead atoms. The first-order valence-electron chi connectivity index (χ1n) is 45.8. The van der Waals surface area contributed by atoms with Crippen LogP contribution in [0.4, 0.5) is 9.59 Å². The highest BCUT2D eigenvalue weighted by Crippen LogP contribution is 2.61. The number of methoxy groups -OCH3 is 3. The van der Waals surface area contributed by atoms with Gasteiger partial charge >= 0.3 is 12.2 Å². The number of nitrogens with zero attached hydrogens (tertiary/aromatic N) is 4. The molecule has 2 aliphatic heterocycles. The molecule has 3 amide bonds. The van der Waals surface area contributed by atoms with Crippen LogP contribution in [0.1, 0.15) is 302 Å². The fraction of sp³-hybridized carbons (Fsp3) is 0.602. The van der Waals surface area contributed by atoms with E-state index in [4.69, 9.17) is 33.7 Å². The number of hydrogen-bond donors (Lipinski definition) is 2. The molecular formula is C103H138N6O8. The van der Waals surface area contributed by atoms with Gasteiger partial charge in [0.15, 0.2) is 0 Å². The van der Waals surface area contributed by atoms with Crippen molar-refractivity contribution >= 4 is 29.5 Å². The van der Waals surface area contributed by atoms with Crippen LogP contribution in [0.25, 0.3) is 0 Å². The predicted octanol–water partition coefficient (Wildman–Crippen LogP) is 23.0. The van der Waals surface area contributed by atoms with Gasteiger partial charge < -0.3 is 34.3 Å². The van der Waals surface area contributed by atoms with Gasteiger partial charge in [-0.05, 0) is 343 Å². The number of hydrogen-bond acceptors (Lipinski definition) is 11. The van der Waals surface area contributed by atoms with Gasteiger partial charge in [-0.25, -0.2) is 9.59 Å². The highest BCUT2D eigenvalue weighted by Gasteiger charge is 2.58. The SMILES string of the molecule is CCCC[C@@H](Cc1cccc(OC)c1)NC(=O)c1ccc(CN(C(=O)OC(C)(C)C)C23CC4CC(CC(C4)C2)C3)cc1.CCCC[C@H]1Cc2cc(OC)ccc2C(c2ccc(CN(C(=O)OC(C)(C)C)C34CC5CC(CC(C5)C3)C4)cc2)=N1.CCCC[C@H]1Cc2cc(OC)ccc2C(c2ccc(CNC34CC5CC(CC(C5)C3)C4)cc2)=N1. The summed E-state index contributed by atoms with van der Waals surface area (Å²) in [7, 11) is 5.16. The minimum absolute atomic E-state index is 0.0444. The maximum Gasteiger partial charge on any atom is 0.411 e. The summed E-state index contributed by atoms with van der Waals surface area (Å²) in [5.74, 6) is 10.1. The standard InChI is InChI=1S/C36H50N2O4.C36H48N2O3.C31H40N2O/c1-6-7-10-31(19-26-9-8-11-32(20-26)41-5)37-33(39)30-14-12-25(13-15-30)24-38(34(40)42-35(2,3)4)36-21-27-16-28(22-36)18-29(17-27)23-36;1-6-7-8-30-18-29-19-31(40-5)13-14-32(29)33(37-30)28-11-9-24(10-12-28)23-38(34(39)41-35(2,3)4)36-20-25-15-26(21-36)17-27(16-25)22-36;1-3-4-5-27-15-26-16-28(34-2)10-11-29(26)30(33-27)25-8-6-21(7-9-25)20-32-31-17-22-12-23(18-31)14-24(13-22)19-31/h8-9,11-15,20,27-29,31H,6-7,10,16-19,21-24H2,1-5H3,(H,37,39);9-14,19,25-27,30H,6-8,15-18,20-23H2,1-5H3;6-11,16,22-24,27,32H,3-5,12-15,17-20H2,1-2H3/t27?,28?,29?,31-,36?;25?,26?,27?,30-,36?;22?,23?,24?,27-,31?/m000/s1. The zero-order valence-electron chi connectivity index (χ0n) is 73.0. The van der Waals surface area contributed by atoms with Crippen LogP contribution in [0, 0.1) is 53.3 Å². The van der Waals surface area contributed by atoms with Crippen LogP contribution in [-0.2, 0) is 48.4 Å². The number of aliphatic imine (C=N–C) groups is 2. The molecular weight excluding hydrogens is 1450 g/mol. The van der Waals surface area contributed by atoms with Crippen molar-refractivity contribution in [2.75, 3.05) is 21.3 Å². The summed E-state index contributed by atoms with van der Waals surface area (Å²) in [6, 6.07) is 47.5. The van der Waals surface area contributed by atoms with Gasteiger partial charge in [-0.15, -0.1) is 0 Å². The molecule has 14 nitrogen and oxygen atoms in total. The lowest BCUT2D eigenvalue weighted by molar-refractivity contribution is -0.0939. The van der Waals surface area contributed by atoms with E-state index >= 15 is 0 Å². The van der Waals surface area contributed by atoms with Crippen LogP contribution in [0.3, 0.4) is 0 Å². The van der Waals surface area contributed by atoms with E-state index in [-0.39, 0.29) is 35.2 Å². The lowest BCUT2D eigenvalue weighted by atomic mass is 9.52. The molecule has 6 aromatic rings. The number of rotatable bonds is 27. The topological polar surface area (TPSA) is 153 Å². The third-order valence-electron chi connectivity index (χ3n) is 28.8. The third-order valence-corrected chi connectivity index (χ3v) is 28.8. The van der Waals surface area contributed by atoms with E-state index in [9.17, 15) is 14.4 Å². The molecule has 0 spiro atoms. The van der Waals surface area contributed by atoms with E-state index in [0.29, 0.717) is 36.3 Å². The smallest absolute Gasteiger partial charge is 0.411 e. The van der Waals surface area contributed by atoms with Crippen molar-refractivity contribution < 1.29 is 38.1 Å². The second-order valence-electron chi connectivity index (χ2n) is 40.4. The Morgan fingerprint density at radius 1 is 0.453 bits per heavy atom. The maximum atomic E-state index is 13.8. The van der Waals surface area contributed by atoms with E-state index in [1.54, 1.807) is 21.3 Å². The number of unbranched alkanes of at least 4 members (excludes halogenated alkanes) is 3. The Bertz CT molecular complexity index is 4360. The van der Waals surface area contributed by atoms with Crippen molar-refractivity contribution in [3.63, 3.8) is 0 Å². The summed E-state index contributed by atoms with van der Waals surface area (Å²) in [5, 5.41) is 7.34. The quantitative estimate of drug-likeness (QED) is 0.0513. The number of nitrogens with one attached hydrogen (secondary N) is 2. The molecule has 0 radical (unpaired) electrons. The molecule has 2 heterocycles. The number of carbonyl (C=O) groups excluding carboxylic acids is 3. The normalized spacial score (nSPS) is 28.0. The van der Waals surface area contributed by atoms with Crippen molar-refractivity contribution in [1.29, 1.82) is 0 Å². The van der Waals surface area contributed by atoms with Crippen molar-refractivity contribution in [3.8, 4) is 17.2 Å². The van der Waals surface area contributed by atoms with E-state index in [0.717, 1.165) is 201 Å². The molecule has 12 aliphatic carbocycles. The summed E-state index contributed by atoms with van der Waals surface area (Å²) >= 11 is 0. The summed E-state index contributed by atoms with van der Waals surface area (Å²) in [6.45, 7) is 20.5. The molecule has 0 saturated heterocycles. The fourth-order valence-corrected chi connectivity index (χ4v) is 24.6. The molecule has 0 aromatic heterocycles. The number of benzene rings is 6. The maximum absolute atomic E-state index is 13.8.